The number of nitrogens with one attached hydrogen (secondary N) is 1. The third-order valence-electron chi connectivity index (χ3n) is 2.88. The Labute approximate surface area is 132 Å². The van der Waals surface area contributed by atoms with Crippen molar-refractivity contribution < 1.29 is 13.2 Å². The first-order valence-electron chi connectivity index (χ1n) is 6.67. The smallest absolute Gasteiger partial charge is 0.235 e. The number of aryl methyl sites for hydroxylation is 1. The van der Waals surface area contributed by atoms with Crippen molar-refractivity contribution in [2.75, 3.05) is 18.1 Å². The number of carbonyl (C=O) groups excluding carboxylic acids is 1. The van der Waals surface area contributed by atoms with Gasteiger partial charge in [-0.3, -0.25) is 4.79 Å². The van der Waals surface area contributed by atoms with E-state index in [9.17, 15) is 13.2 Å². The molecule has 1 atom stereocenters. The van der Waals surface area contributed by atoms with Gasteiger partial charge in [-0.05, 0) is 25.3 Å². The summed E-state index contributed by atoms with van der Waals surface area (Å²) < 4.78 is 23.6. The molecule has 1 rings (SSSR count). The van der Waals surface area contributed by atoms with E-state index in [0.717, 1.165) is 5.56 Å². The van der Waals surface area contributed by atoms with E-state index in [1.165, 1.54) is 0 Å². The van der Waals surface area contributed by atoms with Gasteiger partial charge >= 0.3 is 0 Å². The molecule has 0 spiro atoms. The first-order valence-corrected chi connectivity index (χ1v) is 8.49. The van der Waals surface area contributed by atoms with Gasteiger partial charge in [-0.15, -0.1) is 12.4 Å². The molecule has 1 aromatic rings. The third-order valence-corrected chi connectivity index (χ3v) is 4.49. The van der Waals surface area contributed by atoms with Crippen LogP contribution in [-0.4, -0.2) is 38.4 Å². The van der Waals surface area contributed by atoms with Crippen LogP contribution in [-0.2, 0) is 21.1 Å². The van der Waals surface area contributed by atoms with Gasteiger partial charge in [-0.25, -0.2) is 8.42 Å². The molecule has 0 aliphatic heterocycles. The van der Waals surface area contributed by atoms with Gasteiger partial charge in [0.1, 0.15) is 5.75 Å². The Morgan fingerprint density at radius 1 is 1.29 bits per heavy atom. The number of sulfone groups is 1. The zero-order chi connectivity index (χ0) is 15.0. The third kappa shape index (κ3) is 8.70. The first-order chi connectivity index (χ1) is 9.43. The van der Waals surface area contributed by atoms with Crippen molar-refractivity contribution in [3.8, 4) is 0 Å². The van der Waals surface area contributed by atoms with Gasteiger partial charge in [-0.2, -0.15) is 0 Å². The number of halogens is 1. The first kappa shape index (κ1) is 19.9. The molecule has 5 nitrogen and oxygen atoms in total. The highest BCUT2D eigenvalue weighted by Gasteiger charge is 2.17. The van der Waals surface area contributed by atoms with E-state index in [4.69, 9.17) is 5.73 Å². The standard InChI is InChI=1S/C14H22N2O3S.ClH/c1-12(10-15)16-14(17)11-20(18,19)9-5-8-13-6-3-2-4-7-13;/h2-4,6-7,12H,5,8-11,15H2,1H3,(H,16,17);1H/t12-;/m0./s1. The van der Waals surface area contributed by atoms with Crippen LogP contribution in [0.15, 0.2) is 30.3 Å². The van der Waals surface area contributed by atoms with Crippen LogP contribution >= 0.6 is 12.4 Å². The highest BCUT2D eigenvalue weighted by Crippen LogP contribution is 2.04. The average molecular weight is 335 g/mol. The number of nitrogens with two attached hydrogens (primary N) is 1. The van der Waals surface area contributed by atoms with E-state index in [1.807, 2.05) is 30.3 Å². The molecular formula is C14H23ClN2O3S. The number of benzene rings is 1. The molecule has 0 bridgehead atoms. The normalized spacial score (nSPS) is 12.3. The summed E-state index contributed by atoms with van der Waals surface area (Å²) in [5.74, 6) is -0.930. The maximum absolute atomic E-state index is 11.8. The summed E-state index contributed by atoms with van der Waals surface area (Å²) in [7, 11) is -3.36. The van der Waals surface area contributed by atoms with E-state index in [2.05, 4.69) is 5.32 Å². The number of hydrogen-bond donors (Lipinski definition) is 2. The lowest BCUT2D eigenvalue weighted by atomic mass is 10.1. The van der Waals surface area contributed by atoms with Crippen LogP contribution in [0.2, 0.25) is 0 Å². The Morgan fingerprint density at radius 3 is 2.48 bits per heavy atom. The summed E-state index contributed by atoms with van der Waals surface area (Å²) in [5, 5.41) is 2.55. The summed E-state index contributed by atoms with van der Waals surface area (Å²) in [6.45, 7) is 2.03. The lowest BCUT2D eigenvalue weighted by molar-refractivity contribution is -0.119. The molecule has 0 radical (unpaired) electrons. The number of carbonyl (C=O) groups is 1. The van der Waals surface area contributed by atoms with Crippen molar-refractivity contribution >= 4 is 28.2 Å². The molecule has 0 aliphatic rings. The van der Waals surface area contributed by atoms with Crippen LogP contribution in [0.25, 0.3) is 0 Å². The van der Waals surface area contributed by atoms with Crippen LogP contribution in [0.4, 0.5) is 0 Å². The lowest BCUT2D eigenvalue weighted by Crippen LogP contribution is -2.41. The van der Waals surface area contributed by atoms with Gasteiger partial charge in [0.05, 0.1) is 5.75 Å². The molecule has 0 fully saturated rings. The summed E-state index contributed by atoms with van der Waals surface area (Å²) in [6.07, 6.45) is 1.22. The van der Waals surface area contributed by atoms with Crippen LogP contribution in [0.1, 0.15) is 18.9 Å². The lowest BCUT2D eigenvalue weighted by Gasteiger charge is -2.11. The number of rotatable bonds is 8. The summed E-state index contributed by atoms with van der Waals surface area (Å²) >= 11 is 0. The maximum atomic E-state index is 11.8. The number of hydrogen-bond acceptors (Lipinski definition) is 4. The molecule has 1 aromatic carbocycles. The molecule has 0 unspecified atom stereocenters. The predicted octanol–water partition coefficient (Wildman–Crippen LogP) is 0.919. The van der Waals surface area contributed by atoms with E-state index in [1.54, 1.807) is 6.92 Å². The van der Waals surface area contributed by atoms with Crippen molar-refractivity contribution in [1.82, 2.24) is 5.32 Å². The Kier molecular flexibility index (Phi) is 9.24. The molecule has 0 aliphatic carbocycles. The molecule has 1 amide bonds. The van der Waals surface area contributed by atoms with Crippen LogP contribution in [0.3, 0.4) is 0 Å². The fourth-order valence-corrected chi connectivity index (χ4v) is 3.00. The van der Waals surface area contributed by atoms with Crippen LogP contribution in [0.5, 0.6) is 0 Å². The molecule has 0 saturated carbocycles. The van der Waals surface area contributed by atoms with E-state index < -0.39 is 21.5 Å². The van der Waals surface area contributed by atoms with Crippen LogP contribution < -0.4 is 11.1 Å². The highest BCUT2D eigenvalue weighted by molar-refractivity contribution is 7.92. The molecule has 0 heterocycles. The molecule has 120 valence electrons. The molecular weight excluding hydrogens is 312 g/mol. The predicted molar refractivity (Wildman–Crippen MR) is 87.3 cm³/mol. The summed E-state index contributed by atoms with van der Waals surface area (Å²) in [4.78, 5) is 11.5. The molecule has 7 heteroatoms. The van der Waals surface area contributed by atoms with Crippen LogP contribution in [0, 0.1) is 0 Å². The van der Waals surface area contributed by atoms with Gasteiger partial charge in [-0.1, -0.05) is 30.3 Å². The fraction of sp³-hybridized carbons (Fsp3) is 0.500. The minimum Gasteiger partial charge on any atom is -0.351 e. The summed E-state index contributed by atoms with van der Waals surface area (Å²) in [5.41, 5.74) is 6.47. The quantitative estimate of drug-likeness (QED) is 0.739. The fourth-order valence-electron chi connectivity index (χ4n) is 1.79. The molecule has 3 N–H and O–H groups in total. The largest absolute Gasteiger partial charge is 0.351 e. The summed E-state index contributed by atoms with van der Waals surface area (Å²) in [6, 6.07) is 9.48. The molecule has 0 aromatic heterocycles. The molecule has 21 heavy (non-hydrogen) atoms. The SMILES string of the molecule is C[C@@H](CN)NC(=O)CS(=O)(=O)CCCc1ccccc1.Cl. The van der Waals surface area contributed by atoms with Crippen molar-refractivity contribution in [2.45, 2.75) is 25.8 Å². The van der Waals surface area contributed by atoms with Crippen molar-refractivity contribution in [2.24, 2.45) is 5.73 Å². The van der Waals surface area contributed by atoms with Gasteiger partial charge < -0.3 is 11.1 Å². The number of amides is 1. The van der Waals surface area contributed by atoms with Crippen molar-refractivity contribution in [1.29, 1.82) is 0 Å². The highest BCUT2D eigenvalue weighted by atomic mass is 35.5. The monoisotopic (exact) mass is 334 g/mol. The topological polar surface area (TPSA) is 89.3 Å². The van der Waals surface area contributed by atoms with E-state index in [-0.39, 0.29) is 24.2 Å². The second kappa shape index (κ2) is 9.76. The Hall–Kier alpha value is -1.11. The van der Waals surface area contributed by atoms with Gasteiger partial charge in [0, 0.05) is 12.6 Å². The maximum Gasteiger partial charge on any atom is 0.235 e. The van der Waals surface area contributed by atoms with Crippen molar-refractivity contribution in [3.05, 3.63) is 35.9 Å². The van der Waals surface area contributed by atoms with Crippen molar-refractivity contribution in [3.63, 3.8) is 0 Å². The second-order valence-corrected chi connectivity index (χ2v) is 7.07. The average Bonchev–Trinajstić information content (AvgIpc) is 2.38. The second-order valence-electron chi connectivity index (χ2n) is 4.89. The van der Waals surface area contributed by atoms with Gasteiger partial charge in [0.25, 0.3) is 0 Å². The minimum absolute atomic E-state index is 0. The Morgan fingerprint density at radius 2 is 1.90 bits per heavy atom. The van der Waals surface area contributed by atoms with E-state index >= 15 is 0 Å². The Balaban J connectivity index is 0.00000400. The minimum atomic E-state index is -3.36. The zero-order valence-electron chi connectivity index (χ0n) is 12.1. The zero-order valence-corrected chi connectivity index (χ0v) is 13.8. The molecule has 0 saturated heterocycles. The van der Waals surface area contributed by atoms with Gasteiger partial charge in [0.2, 0.25) is 5.91 Å². The van der Waals surface area contributed by atoms with E-state index in [0.29, 0.717) is 19.4 Å². The van der Waals surface area contributed by atoms with Gasteiger partial charge in [0.15, 0.2) is 9.84 Å². The Bertz CT molecular complexity index is 520.